The summed E-state index contributed by atoms with van der Waals surface area (Å²) in [6.07, 6.45) is 0.126. The fourth-order valence-corrected chi connectivity index (χ4v) is 3.07. The SMILES string of the molecule is CC(=O)N(CCC(=O)Nc1ccc(Cl)cc1Cl)c1ccc(Cl)cc1C. The van der Waals surface area contributed by atoms with Crippen molar-refractivity contribution in [3.8, 4) is 0 Å². The van der Waals surface area contributed by atoms with Crippen molar-refractivity contribution < 1.29 is 9.59 Å². The second kappa shape index (κ2) is 8.56. The van der Waals surface area contributed by atoms with E-state index in [1.165, 1.54) is 6.92 Å². The van der Waals surface area contributed by atoms with Gasteiger partial charge in [0.1, 0.15) is 0 Å². The van der Waals surface area contributed by atoms with Crippen molar-refractivity contribution in [2.24, 2.45) is 0 Å². The molecule has 25 heavy (non-hydrogen) atoms. The Kier molecular flexibility index (Phi) is 6.71. The molecule has 0 aromatic heterocycles. The van der Waals surface area contributed by atoms with Crippen molar-refractivity contribution in [3.05, 3.63) is 57.0 Å². The van der Waals surface area contributed by atoms with Gasteiger partial charge >= 0.3 is 0 Å². The molecule has 0 aliphatic carbocycles. The highest BCUT2D eigenvalue weighted by Crippen LogP contribution is 2.26. The number of hydrogen-bond acceptors (Lipinski definition) is 2. The molecule has 0 radical (unpaired) electrons. The summed E-state index contributed by atoms with van der Waals surface area (Å²) in [6.45, 7) is 3.57. The van der Waals surface area contributed by atoms with Crippen molar-refractivity contribution in [1.82, 2.24) is 0 Å². The second-order valence-electron chi connectivity index (χ2n) is 5.52. The van der Waals surface area contributed by atoms with Gasteiger partial charge in [-0.25, -0.2) is 0 Å². The number of halogens is 3. The highest BCUT2D eigenvalue weighted by Gasteiger charge is 2.16. The van der Waals surface area contributed by atoms with E-state index in [0.717, 1.165) is 11.3 Å². The minimum atomic E-state index is -0.248. The topological polar surface area (TPSA) is 49.4 Å². The summed E-state index contributed by atoms with van der Waals surface area (Å²) < 4.78 is 0. The smallest absolute Gasteiger partial charge is 0.226 e. The summed E-state index contributed by atoms with van der Waals surface area (Å²) in [4.78, 5) is 25.7. The van der Waals surface area contributed by atoms with Crippen LogP contribution in [-0.2, 0) is 9.59 Å². The Hall–Kier alpha value is -1.75. The van der Waals surface area contributed by atoms with Crippen LogP contribution in [0.15, 0.2) is 36.4 Å². The zero-order chi connectivity index (χ0) is 18.6. The molecule has 0 heterocycles. The largest absolute Gasteiger partial charge is 0.325 e. The number of rotatable bonds is 5. The lowest BCUT2D eigenvalue weighted by Crippen LogP contribution is -2.32. The van der Waals surface area contributed by atoms with E-state index >= 15 is 0 Å². The Morgan fingerprint density at radius 2 is 1.68 bits per heavy atom. The normalized spacial score (nSPS) is 10.4. The maximum atomic E-state index is 12.2. The first-order chi connectivity index (χ1) is 11.8. The van der Waals surface area contributed by atoms with Crippen molar-refractivity contribution in [2.75, 3.05) is 16.8 Å². The standard InChI is InChI=1S/C18H17Cl3N2O2/c1-11-9-13(19)4-6-17(11)23(12(2)24)8-7-18(25)22-16-5-3-14(20)10-15(16)21/h3-6,9-10H,7-8H2,1-2H3,(H,22,25). The summed E-state index contributed by atoms with van der Waals surface area (Å²) in [6, 6.07) is 10.1. The molecule has 2 rings (SSSR count). The van der Waals surface area contributed by atoms with Gasteiger partial charge in [0.05, 0.1) is 10.7 Å². The number of carbonyl (C=O) groups excluding carboxylic acids is 2. The first kappa shape index (κ1) is 19.6. The van der Waals surface area contributed by atoms with Crippen LogP contribution >= 0.6 is 34.8 Å². The molecule has 0 unspecified atom stereocenters. The maximum Gasteiger partial charge on any atom is 0.226 e. The Morgan fingerprint density at radius 3 is 2.28 bits per heavy atom. The molecular formula is C18H17Cl3N2O2. The van der Waals surface area contributed by atoms with E-state index in [4.69, 9.17) is 34.8 Å². The molecule has 2 amide bonds. The van der Waals surface area contributed by atoms with Gasteiger partial charge in [-0.3, -0.25) is 9.59 Å². The first-order valence-corrected chi connectivity index (χ1v) is 8.70. The van der Waals surface area contributed by atoms with Crippen LogP contribution in [0.3, 0.4) is 0 Å². The molecule has 0 aliphatic rings. The molecule has 0 saturated heterocycles. The fourth-order valence-electron chi connectivity index (χ4n) is 2.39. The van der Waals surface area contributed by atoms with Crippen molar-refractivity contribution in [2.45, 2.75) is 20.3 Å². The summed E-state index contributed by atoms with van der Waals surface area (Å²) in [7, 11) is 0. The minimum absolute atomic E-state index is 0.126. The molecule has 2 aromatic carbocycles. The third-order valence-electron chi connectivity index (χ3n) is 3.60. The molecule has 0 spiro atoms. The molecule has 0 bridgehead atoms. The van der Waals surface area contributed by atoms with Crippen LogP contribution in [0, 0.1) is 6.92 Å². The molecule has 2 aromatic rings. The third-order valence-corrected chi connectivity index (χ3v) is 4.38. The van der Waals surface area contributed by atoms with Crippen molar-refractivity contribution >= 4 is 58.0 Å². The van der Waals surface area contributed by atoms with Crippen LogP contribution < -0.4 is 10.2 Å². The van der Waals surface area contributed by atoms with Gasteiger partial charge in [-0.2, -0.15) is 0 Å². The predicted octanol–water partition coefficient (Wildman–Crippen LogP) is 5.34. The van der Waals surface area contributed by atoms with Gasteiger partial charge in [0.2, 0.25) is 11.8 Å². The number of aryl methyl sites for hydroxylation is 1. The molecular weight excluding hydrogens is 383 g/mol. The number of anilines is 2. The summed E-state index contributed by atoms with van der Waals surface area (Å²) >= 11 is 17.8. The van der Waals surface area contributed by atoms with E-state index in [0.29, 0.717) is 20.8 Å². The predicted molar refractivity (Wildman–Crippen MR) is 104 cm³/mol. The molecule has 7 heteroatoms. The molecule has 0 saturated carbocycles. The highest BCUT2D eigenvalue weighted by atomic mass is 35.5. The Bertz CT molecular complexity index is 809. The number of nitrogens with one attached hydrogen (secondary N) is 1. The molecule has 0 fully saturated rings. The van der Waals surface area contributed by atoms with E-state index in [1.807, 2.05) is 6.92 Å². The average Bonchev–Trinajstić information content (AvgIpc) is 2.52. The van der Waals surface area contributed by atoms with E-state index in [9.17, 15) is 9.59 Å². The van der Waals surface area contributed by atoms with E-state index in [2.05, 4.69) is 5.32 Å². The zero-order valence-electron chi connectivity index (χ0n) is 13.8. The van der Waals surface area contributed by atoms with Gasteiger partial charge in [-0.05, 0) is 48.9 Å². The van der Waals surface area contributed by atoms with Crippen molar-refractivity contribution in [1.29, 1.82) is 0 Å². The molecule has 1 N–H and O–H groups in total. The van der Waals surface area contributed by atoms with Crippen molar-refractivity contribution in [3.63, 3.8) is 0 Å². The number of amides is 2. The van der Waals surface area contributed by atoms with Gasteiger partial charge in [-0.15, -0.1) is 0 Å². The van der Waals surface area contributed by atoms with Crippen LogP contribution in [0.5, 0.6) is 0 Å². The van der Waals surface area contributed by atoms with E-state index < -0.39 is 0 Å². The van der Waals surface area contributed by atoms with Crippen LogP contribution in [0.1, 0.15) is 18.9 Å². The van der Waals surface area contributed by atoms with Gasteiger partial charge < -0.3 is 10.2 Å². The lowest BCUT2D eigenvalue weighted by atomic mass is 10.1. The van der Waals surface area contributed by atoms with E-state index in [-0.39, 0.29) is 24.8 Å². The lowest BCUT2D eigenvalue weighted by molar-refractivity contribution is -0.117. The monoisotopic (exact) mass is 398 g/mol. The van der Waals surface area contributed by atoms with Gasteiger partial charge in [0.15, 0.2) is 0 Å². The lowest BCUT2D eigenvalue weighted by Gasteiger charge is -2.23. The Labute approximate surface area is 161 Å². The maximum absolute atomic E-state index is 12.2. The van der Waals surface area contributed by atoms with Crippen LogP contribution in [-0.4, -0.2) is 18.4 Å². The molecule has 4 nitrogen and oxygen atoms in total. The van der Waals surface area contributed by atoms with Gasteiger partial charge in [0.25, 0.3) is 0 Å². The highest BCUT2D eigenvalue weighted by molar-refractivity contribution is 6.36. The fraction of sp³-hybridized carbons (Fsp3) is 0.222. The number of nitrogens with zero attached hydrogens (tertiary/aromatic N) is 1. The van der Waals surface area contributed by atoms with Crippen LogP contribution in [0.4, 0.5) is 11.4 Å². The quantitative estimate of drug-likeness (QED) is 0.738. The number of carbonyl (C=O) groups is 2. The summed E-state index contributed by atoms with van der Waals surface area (Å²) in [5.41, 5.74) is 2.08. The molecule has 0 atom stereocenters. The first-order valence-electron chi connectivity index (χ1n) is 7.57. The minimum Gasteiger partial charge on any atom is -0.325 e. The Balaban J connectivity index is 2.05. The molecule has 0 aliphatic heterocycles. The van der Waals surface area contributed by atoms with Crippen LogP contribution in [0.2, 0.25) is 15.1 Å². The Morgan fingerprint density at radius 1 is 1.04 bits per heavy atom. The summed E-state index contributed by atoms with van der Waals surface area (Å²) in [5, 5.41) is 4.16. The zero-order valence-corrected chi connectivity index (χ0v) is 16.0. The third kappa shape index (κ3) is 5.36. The van der Waals surface area contributed by atoms with Gasteiger partial charge in [-0.1, -0.05) is 34.8 Å². The second-order valence-corrected chi connectivity index (χ2v) is 6.80. The average molecular weight is 400 g/mol. The molecule has 132 valence electrons. The summed E-state index contributed by atoms with van der Waals surface area (Å²) in [5.74, 6) is -0.398. The van der Waals surface area contributed by atoms with Crippen LogP contribution in [0.25, 0.3) is 0 Å². The van der Waals surface area contributed by atoms with E-state index in [1.54, 1.807) is 41.3 Å². The number of benzene rings is 2. The van der Waals surface area contributed by atoms with Gasteiger partial charge in [0, 0.05) is 35.6 Å². The number of hydrogen-bond donors (Lipinski definition) is 1.